The SMILES string of the molecule is C[Si](Cl)(Cl)c1ccc(C#N)cc1. The number of hydrogen-bond donors (Lipinski definition) is 0. The van der Waals surface area contributed by atoms with E-state index in [1.165, 1.54) is 0 Å². The minimum atomic E-state index is -2.23. The van der Waals surface area contributed by atoms with Crippen molar-refractivity contribution in [1.29, 1.82) is 5.26 Å². The summed E-state index contributed by atoms with van der Waals surface area (Å²) in [5.74, 6) is 0. The fourth-order valence-corrected chi connectivity index (χ4v) is 2.35. The number of rotatable bonds is 1. The molecule has 1 nitrogen and oxygen atoms in total. The minimum Gasteiger partial charge on any atom is -0.192 e. The van der Waals surface area contributed by atoms with E-state index in [9.17, 15) is 0 Å². The molecule has 62 valence electrons. The monoisotopic (exact) mass is 215 g/mol. The van der Waals surface area contributed by atoms with Crippen molar-refractivity contribution in [3.8, 4) is 6.07 Å². The fraction of sp³-hybridized carbons (Fsp3) is 0.125. The molecule has 0 aliphatic rings. The first-order valence-electron chi connectivity index (χ1n) is 3.42. The minimum absolute atomic E-state index is 0.630. The van der Waals surface area contributed by atoms with Crippen molar-refractivity contribution < 1.29 is 0 Å². The highest BCUT2D eigenvalue weighted by Crippen LogP contribution is 2.13. The second kappa shape index (κ2) is 3.49. The zero-order chi connectivity index (χ0) is 9.19. The summed E-state index contributed by atoms with van der Waals surface area (Å²) in [5, 5.41) is 9.46. The molecule has 0 amide bonds. The molecule has 0 bridgehead atoms. The maximum atomic E-state index is 8.53. The molecular formula is C8H7Cl2NSi. The van der Waals surface area contributed by atoms with Crippen molar-refractivity contribution in [3.05, 3.63) is 29.8 Å². The van der Waals surface area contributed by atoms with E-state index in [2.05, 4.69) is 0 Å². The van der Waals surface area contributed by atoms with E-state index in [4.69, 9.17) is 27.4 Å². The largest absolute Gasteiger partial charge is 0.277 e. The lowest BCUT2D eigenvalue weighted by atomic mass is 10.2. The lowest BCUT2D eigenvalue weighted by Gasteiger charge is -2.09. The van der Waals surface area contributed by atoms with Crippen LogP contribution < -0.4 is 5.19 Å². The first kappa shape index (κ1) is 9.59. The summed E-state index contributed by atoms with van der Waals surface area (Å²) in [6, 6.07) is 9.11. The second-order valence-corrected chi connectivity index (χ2v) is 10.0. The average Bonchev–Trinajstić information content (AvgIpc) is 2.03. The Morgan fingerprint density at radius 3 is 2.08 bits per heavy atom. The van der Waals surface area contributed by atoms with Crippen LogP contribution >= 0.6 is 22.2 Å². The number of hydrogen-bond acceptors (Lipinski definition) is 1. The normalized spacial score (nSPS) is 10.8. The summed E-state index contributed by atoms with van der Waals surface area (Å²) in [7, 11) is 0. The van der Waals surface area contributed by atoms with Crippen LogP contribution in [0.3, 0.4) is 0 Å². The van der Waals surface area contributed by atoms with Crippen LogP contribution in [0.25, 0.3) is 0 Å². The third-order valence-electron chi connectivity index (χ3n) is 1.52. The van der Waals surface area contributed by atoms with Gasteiger partial charge in [0.15, 0.2) is 0 Å². The van der Waals surface area contributed by atoms with Gasteiger partial charge in [0, 0.05) is 0 Å². The Kier molecular flexibility index (Phi) is 2.79. The maximum absolute atomic E-state index is 8.53. The van der Waals surface area contributed by atoms with Gasteiger partial charge in [0.25, 0.3) is 6.69 Å². The maximum Gasteiger partial charge on any atom is 0.277 e. The molecule has 1 aromatic carbocycles. The summed E-state index contributed by atoms with van der Waals surface area (Å²) < 4.78 is 0. The molecule has 1 rings (SSSR count). The Bertz CT molecular complexity index is 307. The molecule has 0 atom stereocenters. The summed E-state index contributed by atoms with van der Waals surface area (Å²) in [6.07, 6.45) is 0. The van der Waals surface area contributed by atoms with Crippen LogP contribution in [0.5, 0.6) is 0 Å². The van der Waals surface area contributed by atoms with Crippen molar-refractivity contribution in [3.63, 3.8) is 0 Å². The summed E-state index contributed by atoms with van der Waals surface area (Å²) in [5.41, 5.74) is 0.630. The Hall–Kier alpha value is -0.493. The van der Waals surface area contributed by atoms with Crippen LogP contribution in [0.4, 0.5) is 0 Å². The molecule has 0 fully saturated rings. The smallest absolute Gasteiger partial charge is 0.192 e. The molecule has 0 spiro atoms. The molecule has 0 aliphatic heterocycles. The highest BCUT2D eigenvalue weighted by atomic mass is 35.7. The van der Waals surface area contributed by atoms with Gasteiger partial charge < -0.3 is 0 Å². The van der Waals surface area contributed by atoms with E-state index in [1.807, 2.05) is 24.7 Å². The molecule has 0 N–H and O–H groups in total. The highest BCUT2D eigenvalue weighted by Gasteiger charge is 2.23. The van der Waals surface area contributed by atoms with E-state index in [1.54, 1.807) is 12.1 Å². The number of nitriles is 1. The molecule has 0 saturated heterocycles. The van der Waals surface area contributed by atoms with Gasteiger partial charge in [-0.3, -0.25) is 0 Å². The molecule has 0 heterocycles. The van der Waals surface area contributed by atoms with Gasteiger partial charge in [0.1, 0.15) is 0 Å². The Balaban J connectivity index is 3.02. The lowest BCUT2D eigenvalue weighted by Crippen LogP contribution is -2.32. The van der Waals surface area contributed by atoms with Gasteiger partial charge in [-0.15, -0.1) is 22.2 Å². The molecule has 1 aromatic rings. The molecule has 0 aliphatic carbocycles. The first-order valence-corrected chi connectivity index (χ1v) is 7.95. The lowest BCUT2D eigenvalue weighted by molar-refractivity contribution is 1.49. The van der Waals surface area contributed by atoms with Crippen LogP contribution in [-0.2, 0) is 0 Å². The second-order valence-electron chi connectivity index (χ2n) is 2.58. The van der Waals surface area contributed by atoms with Crippen LogP contribution in [0.1, 0.15) is 5.56 Å². The van der Waals surface area contributed by atoms with Crippen molar-refractivity contribution in [2.75, 3.05) is 0 Å². The summed E-state index contributed by atoms with van der Waals surface area (Å²) >= 11 is 12.0. The third kappa shape index (κ3) is 2.24. The number of benzene rings is 1. The predicted molar refractivity (Wildman–Crippen MR) is 54.1 cm³/mol. The Morgan fingerprint density at radius 2 is 1.75 bits per heavy atom. The van der Waals surface area contributed by atoms with Gasteiger partial charge in [0.2, 0.25) is 0 Å². The number of halogens is 2. The molecule has 0 saturated carbocycles. The predicted octanol–water partition coefficient (Wildman–Crippen LogP) is 2.31. The van der Waals surface area contributed by atoms with Crippen LogP contribution in [0, 0.1) is 11.3 Å². The number of nitrogens with zero attached hydrogens (tertiary/aromatic N) is 1. The van der Waals surface area contributed by atoms with Crippen molar-refractivity contribution in [2.45, 2.75) is 6.55 Å². The van der Waals surface area contributed by atoms with Gasteiger partial charge in [-0.05, 0) is 23.9 Å². The standard InChI is InChI=1S/C8H7Cl2NSi/c1-12(9,10)8-4-2-7(6-11)3-5-8/h2-5H,1H3. The van der Waals surface area contributed by atoms with Gasteiger partial charge in [-0.2, -0.15) is 5.26 Å². The molecule has 4 heteroatoms. The topological polar surface area (TPSA) is 23.8 Å². The summed E-state index contributed by atoms with van der Waals surface area (Å²) in [6.45, 7) is -0.403. The van der Waals surface area contributed by atoms with Crippen LogP contribution in [0.2, 0.25) is 6.55 Å². The quantitative estimate of drug-likeness (QED) is 0.522. The van der Waals surface area contributed by atoms with E-state index in [0.717, 1.165) is 5.19 Å². The van der Waals surface area contributed by atoms with Gasteiger partial charge in [0.05, 0.1) is 11.6 Å². The first-order chi connectivity index (χ1) is 5.54. The van der Waals surface area contributed by atoms with Crippen LogP contribution in [0.15, 0.2) is 24.3 Å². The molecule has 12 heavy (non-hydrogen) atoms. The van der Waals surface area contributed by atoms with Gasteiger partial charge in [-0.25, -0.2) is 0 Å². The average molecular weight is 216 g/mol. The molecular weight excluding hydrogens is 209 g/mol. The van der Waals surface area contributed by atoms with E-state index < -0.39 is 6.69 Å². The van der Waals surface area contributed by atoms with E-state index in [-0.39, 0.29) is 0 Å². The zero-order valence-corrected chi connectivity index (χ0v) is 9.02. The van der Waals surface area contributed by atoms with Gasteiger partial charge in [-0.1, -0.05) is 12.1 Å². The fourth-order valence-electron chi connectivity index (χ4n) is 0.837. The van der Waals surface area contributed by atoms with Crippen LogP contribution in [-0.4, -0.2) is 6.69 Å². The zero-order valence-electron chi connectivity index (χ0n) is 6.51. The van der Waals surface area contributed by atoms with Crippen molar-refractivity contribution in [1.82, 2.24) is 0 Å². The Morgan fingerprint density at radius 1 is 1.25 bits per heavy atom. The van der Waals surface area contributed by atoms with Crippen molar-refractivity contribution >= 4 is 34.0 Å². The Labute approximate surface area is 82.0 Å². The van der Waals surface area contributed by atoms with Gasteiger partial charge >= 0.3 is 0 Å². The molecule has 0 radical (unpaired) electrons. The highest BCUT2D eigenvalue weighted by molar-refractivity contribution is 7.50. The summed E-state index contributed by atoms with van der Waals surface area (Å²) in [4.78, 5) is 0. The van der Waals surface area contributed by atoms with E-state index >= 15 is 0 Å². The molecule has 0 aromatic heterocycles. The molecule has 0 unspecified atom stereocenters. The van der Waals surface area contributed by atoms with Crippen molar-refractivity contribution in [2.24, 2.45) is 0 Å². The third-order valence-corrected chi connectivity index (χ3v) is 4.18. The van der Waals surface area contributed by atoms with E-state index in [0.29, 0.717) is 5.56 Å².